The van der Waals surface area contributed by atoms with Crippen molar-refractivity contribution < 1.29 is 14.7 Å². The van der Waals surface area contributed by atoms with Gasteiger partial charge >= 0.3 is 5.97 Å². The van der Waals surface area contributed by atoms with Crippen LogP contribution in [0.15, 0.2) is 0 Å². The van der Waals surface area contributed by atoms with Crippen molar-refractivity contribution in [3.05, 3.63) is 0 Å². The largest absolute Gasteiger partial charge is 0.480 e. The molecule has 0 saturated carbocycles. The highest BCUT2D eigenvalue weighted by molar-refractivity contribution is 8.01. The lowest BCUT2D eigenvalue weighted by atomic mass is 10.3. The third-order valence-electron chi connectivity index (χ3n) is 1.75. The maximum absolute atomic E-state index is 11.0. The average molecular weight is 219 g/mol. The first-order valence-corrected chi connectivity index (χ1v) is 5.12. The second-order valence-electron chi connectivity index (χ2n) is 3.04. The summed E-state index contributed by atoms with van der Waals surface area (Å²) >= 11 is 1.11. The molecular weight excluding hydrogens is 206 g/mol. The summed E-state index contributed by atoms with van der Waals surface area (Å²) in [4.78, 5) is 21.6. The van der Waals surface area contributed by atoms with Crippen molar-refractivity contribution in [3.63, 3.8) is 0 Å². The first kappa shape index (κ1) is 11.3. The molecule has 1 aliphatic heterocycles. The van der Waals surface area contributed by atoms with E-state index in [2.05, 4.69) is 10.6 Å². The molecule has 0 spiro atoms. The minimum atomic E-state index is -0.912. The van der Waals surface area contributed by atoms with E-state index in [1.54, 1.807) is 6.92 Å². The SMILES string of the molecule is CC(SC1NC(=O)CC(N)N1)C(=O)O. The van der Waals surface area contributed by atoms with Crippen molar-refractivity contribution in [3.8, 4) is 0 Å². The van der Waals surface area contributed by atoms with Crippen LogP contribution < -0.4 is 16.4 Å². The molecule has 0 bridgehead atoms. The monoisotopic (exact) mass is 219 g/mol. The lowest BCUT2D eigenvalue weighted by Gasteiger charge is -2.29. The van der Waals surface area contributed by atoms with Crippen molar-refractivity contribution in [2.24, 2.45) is 5.73 Å². The van der Waals surface area contributed by atoms with Gasteiger partial charge in [-0.05, 0) is 6.92 Å². The van der Waals surface area contributed by atoms with Gasteiger partial charge in [-0.3, -0.25) is 14.9 Å². The number of carboxylic acid groups (broad SMARTS) is 1. The smallest absolute Gasteiger partial charge is 0.316 e. The van der Waals surface area contributed by atoms with Crippen LogP contribution in [-0.2, 0) is 9.59 Å². The second kappa shape index (κ2) is 4.63. The molecule has 6 nitrogen and oxygen atoms in total. The maximum Gasteiger partial charge on any atom is 0.316 e. The van der Waals surface area contributed by atoms with E-state index in [-0.39, 0.29) is 12.3 Å². The van der Waals surface area contributed by atoms with E-state index < -0.39 is 22.9 Å². The molecule has 1 aliphatic rings. The van der Waals surface area contributed by atoms with Crippen molar-refractivity contribution in [2.45, 2.75) is 30.3 Å². The minimum Gasteiger partial charge on any atom is -0.480 e. The predicted molar refractivity (Wildman–Crippen MR) is 52.3 cm³/mol. The predicted octanol–water partition coefficient (Wildman–Crippen LogP) is -1.13. The summed E-state index contributed by atoms with van der Waals surface area (Å²) < 4.78 is 0. The molecule has 0 aromatic heterocycles. The van der Waals surface area contributed by atoms with Gasteiger partial charge in [0.15, 0.2) is 0 Å². The molecule has 1 saturated heterocycles. The normalized spacial score (nSPS) is 29.4. The van der Waals surface area contributed by atoms with Crippen LogP contribution in [0.2, 0.25) is 0 Å². The molecule has 0 aromatic rings. The van der Waals surface area contributed by atoms with Gasteiger partial charge in [0.2, 0.25) is 5.91 Å². The van der Waals surface area contributed by atoms with Crippen LogP contribution in [0.25, 0.3) is 0 Å². The summed E-state index contributed by atoms with van der Waals surface area (Å²) in [6.07, 6.45) is -0.180. The Morgan fingerprint density at radius 2 is 2.43 bits per heavy atom. The van der Waals surface area contributed by atoms with E-state index in [9.17, 15) is 9.59 Å². The van der Waals surface area contributed by atoms with E-state index in [1.165, 1.54) is 0 Å². The second-order valence-corrected chi connectivity index (χ2v) is 4.49. The van der Waals surface area contributed by atoms with E-state index in [4.69, 9.17) is 10.8 Å². The number of hydrogen-bond acceptors (Lipinski definition) is 5. The van der Waals surface area contributed by atoms with Crippen LogP contribution in [0.3, 0.4) is 0 Å². The van der Waals surface area contributed by atoms with Crippen LogP contribution in [0.5, 0.6) is 0 Å². The fourth-order valence-corrected chi connectivity index (χ4v) is 2.01. The van der Waals surface area contributed by atoms with E-state index >= 15 is 0 Å². The van der Waals surface area contributed by atoms with Crippen LogP contribution in [0.4, 0.5) is 0 Å². The van der Waals surface area contributed by atoms with Gasteiger partial charge in [0, 0.05) is 0 Å². The van der Waals surface area contributed by atoms with Gasteiger partial charge in [0.1, 0.15) is 10.7 Å². The number of amides is 1. The summed E-state index contributed by atoms with van der Waals surface area (Å²) in [5.41, 5.74) is 5.12. The van der Waals surface area contributed by atoms with Crippen LogP contribution in [0, 0.1) is 0 Å². The third kappa shape index (κ3) is 3.17. The number of hydrogen-bond donors (Lipinski definition) is 4. The lowest BCUT2D eigenvalue weighted by Crippen LogP contribution is -2.58. The summed E-state index contributed by atoms with van der Waals surface area (Å²) in [5.74, 6) is -1.07. The van der Waals surface area contributed by atoms with Crippen LogP contribution >= 0.6 is 11.8 Å². The van der Waals surface area contributed by atoms with Gasteiger partial charge in [-0.1, -0.05) is 0 Å². The highest BCUT2D eigenvalue weighted by Gasteiger charge is 2.26. The molecular formula is C7H13N3O3S. The number of rotatable bonds is 3. The highest BCUT2D eigenvalue weighted by Crippen LogP contribution is 2.16. The van der Waals surface area contributed by atoms with Crippen molar-refractivity contribution in [1.82, 2.24) is 10.6 Å². The molecule has 0 radical (unpaired) electrons. The third-order valence-corrected chi connectivity index (χ3v) is 2.89. The Balaban J connectivity index is 2.44. The van der Waals surface area contributed by atoms with Gasteiger partial charge in [-0.25, -0.2) is 0 Å². The molecule has 80 valence electrons. The number of thioether (sulfide) groups is 1. The van der Waals surface area contributed by atoms with Gasteiger partial charge in [0.05, 0.1) is 12.6 Å². The number of aliphatic carboxylic acids is 1. The fourth-order valence-electron chi connectivity index (χ4n) is 1.04. The molecule has 1 heterocycles. The number of nitrogens with two attached hydrogens (primary N) is 1. The Morgan fingerprint density at radius 1 is 1.79 bits per heavy atom. The van der Waals surface area contributed by atoms with E-state index in [0.717, 1.165) is 11.8 Å². The number of carboxylic acids is 1. The average Bonchev–Trinajstić information content (AvgIpc) is 2.01. The molecule has 5 N–H and O–H groups in total. The maximum atomic E-state index is 11.0. The van der Waals surface area contributed by atoms with Crippen molar-refractivity contribution in [2.75, 3.05) is 0 Å². The van der Waals surface area contributed by atoms with Gasteiger partial charge in [0.25, 0.3) is 0 Å². The standard InChI is InChI=1S/C7H13N3O3S/c1-3(6(12)13)14-7-9-4(8)2-5(11)10-7/h3-4,7,9H,2,8H2,1H3,(H,10,11)(H,12,13). The number of carbonyl (C=O) groups is 2. The molecule has 7 heteroatoms. The zero-order chi connectivity index (χ0) is 10.7. The Labute approximate surface area is 85.6 Å². The van der Waals surface area contributed by atoms with Crippen LogP contribution in [-0.4, -0.2) is 33.9 Å². The molecule has 1 amide bonds. The zero-order valence-corrected chi connectivity index (χ0v) is 8.50. The molecule has 14 heavy (non-hydrogen) atoms. The molecule has 3 unspecified atom stereocenters. The van der Waals surface area contributed by atoms with Gasteiger partial charge in [-0.2, -0.15) is 0 Å². The summed E-state index contributed by atoms with van der Waals surface area (Å²) in [6, 6.07) is 0. The highest BCUT2D eigenvalue weighted by atomic mass is 32.2. The summed E-state index contributed by atoms with van der Waals surface area (Å²) in [7, 11) is 0. The molecule has 0 aromatic carbocycles. The number of carbonyl (C=O) groups excluding carboxylic acids is 1. The van der Waals surface area contributed by atoms with E-state index in [1.807, 2.05) is 0 Å². The van der Waals surface area contributed by atoms with Gasteiger partial charge in [-0.15, -0.1) is 11.8 Å². The lowest BCUT2D eigenvalue weighted by molar-refractivity contribution is -0.136. The Kier molecular flexibility index (Phi) is 3.73. The van der Waals surface area contributed by atoms with Crippen molar-refractivity contribution >= 4 is 23.6 Å². The van der Waals surface area contributed by atoms with Crippen LogP contribution in [0.1, 0.15) is 13.3 Å². The fraction of sp³-hybridized carbons (Fsp3) is 0.714. The summed E-state index contributed by atoms with van der Waals surface area (Å²) in [5, 5.41) is 13.5. The molecule has 1 fully saturated rings. The topological polar surface area (TPSA) is 104 Å². The summed E-state index contributed by atoms with van der Waals surface area (Å²) in [6.45, 7) is 1.56. The quantitative estimate of drug-likeness (QED) is 0.479. The van der Waals surface area contributed by atoms with E-state index in [0.29, 0.717) is 0 Å². The first-order valence-electron chi connectivity index (χ1n) is 4.18. The Bertz CT molecular complexity index is 248. The zero-order valence-electron chi connectivity index (χ0n) is 7.69. The minimum absolute atomic E-state index is 0.161. The Hall–Kier alpha value is -0.790. The number of nitrogens with one attached hydrogen (secondary N) is 2. The first-order chi connectivity index (χ1) is 6.49. The molecule has 0 aliphatic carbocycles. The molecule has 3 atom stereocenters. The van der Waals surface area contributed by atoms with Gasteiger partial charge < -0.3 is 16.2 Å². The Morgan fingerprint density at radius 3 is 2.93 bits per heavy atom. The molecule has 1 rings (SSSR count). The van der Waals surface area contributed by atoms with Crippen molar-refractivity contribution in [1.29, 1.82) is 0 Å².